The predicted octanol–water partition coefficient (Wildman–Crippen LogP) is 2.27. The maximum Gasteiger partial charge on any atom is 0.240 e. The van der Waals surface area contributed by atoms with Crippen molar-refractivity contribution in [1.29, 1.82) is 0 Å². The fourth-order valence-electron chi connectivity index (χ4n) is 2.35. The second-order valence-electron chi connectivity index (χ2n) is 5.27. The van der Waals surface area contributed by atoms with Gasteiger partial charge in [-0.3, -0.25) is 9.59 Å². The van der Waals surface area contributed by atoms with Gasteiger partial charge in [0.15, 0.2) is 0 Å². The highest BCUT2D eigenvalue weighted by molar-refractivity contribution is 6.31. The van der Waals surface area contributed by atoms with Gasteiger partial charge in [-0.1, -0.05) is 17.7 Å². The van der Waals surface area contributed by atoms with E-state index < -0.39 is 5.41 Å². The van der Waals surface area contributed by atoms with E-state index in [1.807, 2.05) is 13.8 Å². The van der Waals surface area contributed by atoms with Crippen LogP contribution in [0.4, 0.5) is 5.69 Å². The first kappa shape index (κ1) is 14.6. The van der Waals surface area contributed by atoms with Gasteiger partial charge in [-0.05, 0) is 37.6 Å². The number of carbonyl (C=O) groups is 2. The van der Waals surface area contributed by atoms with E-state index in [2.05, 4.69) is 11.9 Å². The molecule has 20 heavy (non-hydrogen) atoms. The van der Waals surface area contributed by atoms with E-state index >= 15 is 0 Å². The quantitative estimate of drug-likeness (QED) is 0.866. The minimum absolute atomic E-state index is 0.00470. The second kappa shape index (κ2) is 5.29. The summed E-state index contributed by atoms with van der Waals surface area (Å²) < 4.78 is 0. The number of carbonyl (C=O) groups excluding carboxylic acids is 2. The molecule has 0 spiro atoms. The van der Waals surface area contributed by atoms with Crippen LogP contribution < -0.4 is 10.2 Å². The number of hydrogen-bond acceptors (Lipinski definition) is 2. The molecule has 1 N–H and O–H groups in total. The Morgan fingerprint density at radius 1 is 1.50 bits per heavy atom. The molecule has 1 aromatic carbocycles. The number of nitrogens with zero attached hydrogens (tertiary/aromatic N) is 1. The van der Waals surface area contributed by atoms with Crippen LogP contribution in [0, 0.1) is 0 Å². The van der Waals surface area contributed by atoms with Crippen LogP contribution >= 0.6 is 11.6 Å². The van der Waals surface area contributed by atoms with Gasteiger partial charge in [0.1, 0.15) is 6.54 Å². The van der Waals surface area contributed by atoms with Crippen LogP contribution in [0.2, 0.25) is 5.02 Å². The van der Waals surface area contributed by atoms with Gasteiger partial charge in [-0.25, -0.2) is 0 Å². The van der Waals surface area contributed by atoms with Gasteiger partial charge in [-0.2, -0.15) is 0 Å². The summed E-state index contributed by atoms with van der Waals surface area (Å²) in [6.07, 6.45) is 1.60. The summed E-state index contributed by atoms with van der Waals surface area (Å²) in [4.78, 5) is 25.8. The molecule has 5 heteroatoms. The lowest BCUT2D eigenvalue weighted by Gasteiger charge is -2.19. The molecule has 0 atom stereocenters. The zero-order valence-electron chi connectivity index (χ0n) is 11.6. The van der Waals surface area contributed by atoms with E-state index in [-0.39, 0.29) is 18.4 Å². The van der Waals surface area contributed by atoms with Crippen molar-refractivity contribution in [2.75, 3.05) is 18.0 Å². The summed E-state index contributed by atoms with van der Waals surface area (Å²) in [6.45, 7) is 7.61. The maximum absolute atomic E-state index is 12.5. The van der Waals surface area contributed by atoms with Crippen molar-refractivity contribution in [3.05, 3.63) is 41.4 Å². The van der Waals surface area contributed by atoms with Crippen LogP contribution in [0.1, 0.15) is 19.4 Å². The van der Waals surface area contributed by atoms with Crippen LogP contribution in [0.3, 0.4) is 0 Å². The number of benzene rings is 1. The molecule has 0 bridgehead atoms. The Morgan fingerprint density at radius 2 is 2.20 bits per heavy atom. The molecule has 1 heterocycles. The van der Waals surface area contributed by atoms with Gasteiger partial charge in [0.05, 0.1) is 5.41 Å². The number of anilines is 1. The molecule has 0 saturated heterocycles. The summed E-state index contributed by atoms with van der Waals surface area (Å²) in [6, 6.07) is 5.30. The number of fused-ring (bicyclic) bond motifs is 1. The molecule has 0 radical (unpaired) electrons. The number of halogens is 1. The Kier molecular flexibility index (Phi) is 3.86. The number of hydrogen-bond donors (Lipinski definition) is 1. The molecule has 0 unspecified atom stereocenters. The van der Waals surface area contributed by atoms with E-state index in [9.17, 15) is 9.59 Å². The van der Waals surface area contributed by atoms with Crippen LogP contribution in [-0.4, -0.2) is 24.9 Å². The lowest BCUT2D eigenvalue weighted by Crippen LogP contribution is -2.42. The molecule has 1 aliphatic heterocycles. The first-order chi connectivity index (χ1) is 9.37. The highest BCUT2D eigenvalue weighted by Crippen LogP contribution is 2.42. The predicted molar refractivity (Wildman–Crippen MR) is 80.0 cm³/mol. The minimum Gasteiger partial charge on any atom is -0.351 e. The average Bonchev–Trinajstić information content (AvgIpc) is 2.58. The Balaban J connectivity index is 2.30. The first-order valence-electron chi connectivity index (χ1n) is 6.37. The summed E-state index contributed by atoms with van der Waals surface area (Å²) in [5, 5.41) is 3.26. The van der Waals surface area contributed by atoms with Gasteiger partial charge < -0.3 is 10.2 Å². The zero-order valence-corrected chi connectivity index (χ0v) is 12.3. The minimum atomic E-state index is -0.668. The normalized spacial score (nSPS) is 15.9. The maximum atomic E-state index is 12.5. The molecule has 0 fully saturated rings. The standard InChI is InChI=1S/C15H17ClN2O2/c1-4-7-17-13(19)9-18-12-6-5-10(16)8-11(12)15(2,3)14(18)20/h4-6,8H,1,7,9H2,2-3H3,(H,17,19). The molecule has 1 aliphatic rings. The largest absolute Gasteiger partial charge is 0.351 e. The number of rotatable bonds is 4. The van der Waals surface area contributed by atoms with E-state index in [1.54, 1.807) is 24.3 Å². The third kappa shape index (κ3) is 2.43. The van der Waals surface area contributed by atoms with E-state index in [0.717, 1.165) is 11.3 Å². The van der Waals surface area contributed by atoms with Crippen molar-refractivity contribution >= 4 is 29.1 Å². The van der Waals surface area contributed by atoms with E-state index in [1.165, 1.54) is 4.90 Å². The summed E-state index contributed by atoms with van der Waals surface area (Å²) in [5.41, 5.74) is 0.934. The van der Waals surface area contributed by atoms with E-state index in [4.69, 9.17) is 11.6 Å². The Hall–Kier alpha value is -1.81. The Morgan fingerprint density at radius 3 is 2.85 bits per heavy atom. The topological polar surface area (TPSA) is 49.4 Å². The Labute approximate surface area is 123 Å². The molecule has 0 aromatic heterocycles. The van der Waals surface area contributed by atoms with Crippen LogP contribution in [0.15, 0.2) is 30.9 Å². The van der Waals surface area contributed by atoms with Crippen molar-refractivity contribution in [2.45, 2.75) is 19.3 Å². The molecule has 106 valence electrons. The highest BCUT2D eigenvalue weighted by atomic mass is 35.5. The van der Waals surface area contributed by atoms with Gasteiger partial charge >= 0.3 is 0 Å². The van der Waals surface area contributed by atoms with Crippen molar-refractivity contribution in [1.82, 2.24) is 5.32 Å². The first-order valence-corrected chi connectivity index (χ1v) is 6.75. The van der Waals surface area contributed by atoms with Crippen LogP contribution in [0.5, 0.6) is 0 Å². The third-order valence-corrected chi connectivity index (χ3v) is 3.68. The van der Waals surface area contributed by atoms with Crippen molar-refractivity contribution < 1.29 is 9.59 Å². The van der Waals surface area contributed by atoms with Gasteiger partial charge in [0, 0.05) is 17.3 Å². The summed E-state index contributed by atoms with van der Waals surface area (Å²) in [7, 11) is 0. The molecule has 0 saturated carbocycles. The smallest absolute Gasteiger partial charge is 0.240 e. The molecule has 4 nitrogen and oxygen atoms in total. The van der Waals surface area contributed by atoms with Crippen molar-refractivity contribution in [3.63, 3.8) is 0 Å². The van der Waals surface area contributed by atoms with Crippen LogP contribution in [-0.2, 0) is 15.0 Å². The lowest BCUT2D eigenvalue weighted by atomic mass is 9.86. The molecular formula is C15H17ClN2O2. The molecule has 2 rings (SSSR count). The van der Waals surface area contributed by atoms with E-state index in [0.29, 0.717) is 11.6 Å². The molecular weight excluding hydrogens is 276 g/mol. The van der Waals surface area contributed by atoms with Gasteiger partial charge in [0.2, 0.25) is 11.8 Å². The number of nitrogens with one attached hydrogen (secondary N) is 1. The number of amides is 2. The summed E-state index contributed by atoms with van der Waals surface area (Å²) >= 11 is 6.00. The van der Waals surface area contributed by atoms with Gasteiger partial charge in [-0.15, -0.1) is 6.58 Å². The lowest BCUT2D eigenvalue weighted by molar-refractivity contribution is -0.125. The average molecular weight is 293 g/mol. The van der Waals surface area contributed by atoms with Crippen LogP contribution in [0.25, 0.3) is 0 Å². The second-order valence-corrected chi connectivity index (χ2v) is 5.71. The van der Waals surface area contributed by atoms with Crippen molar-refractivity contribution in [3.8, 4) is 0 Å². The SMILES string of the molecule is C=CCNC(=O)CN1C(=O)C(C)(C)c2cc(Cl)ccc21. The van der Waals surface area contributed by atoms with Gasteiger partial charge in [0.25, 0.3) is 0 Å². The molecule has 0 aliphatic carbocycles. The monoisotopic (exact) mass is 292 g/mol. The molecule has 1 aromatic rings. The Bertz CT molecular complexity index is 581. The third-order valence-electron chi connectivity index (χ3n) is 3.45. The summed E-state index contributed by atoms with van der Waals surface area (Å²) in [5.74, 6) is -0.305. The fraction of sp³-hybridized carbons (Fsp3) is 0.333. The highest BCUT2D eigenvalue weighted by Gasteiger charge is 2.44. The van der Waals surface area contributed by atoms with Crippen molar-refractivity contribution in [2.24, 2.45) is 0 Å². The zero-order chi connectivity index (χ0) is 14.9. The molecule has 2 amide bonds. The fourth-order valence-corrected chi connectivity index (χ4v) is 2.52.